The minimum absolute atomic E-state index is 0.329. The number of hydrogen-bond donors (Lipinski definition) is 0. The van der Waals surface area contributed by atoms with Crippen LogP contribution in [0, 0.1) is 0 Å². The first-order chi connectivity index (χ1) is 5.86. The van der Waals surface area contributed by atoms with Crippen molar-refractivity contribution in [1.82, 2.24) is 0 Å². The van der Waals surface area contributed by atoms with Crippen molar-refractivity contribution in [1.29, 1.82) is 0 Å². The van der Waals surface area contributed by atoms with Crippen LogP contribution in [0.4, 0.5) is 0 Å². The Kier molecular flexibility index (Phi) is 3.19. The van der Waals surface area contributed by atoms with Crippen molar-refractivity contribution in [2.24, 2.45) is 0 Å². The standard InChI is InChI=1S/C6H4B2O4/c9-7-11-5-1-2-6(4-3-5)12-8-10/h1-4H. The monoisotopic (exact) mass is 162 g/mol. The molecule has 1 rings (SSSR count). The van der Waals surface area contributed by atoms with Crippen LogP contribution in [0.1, 0.15) is 0 Å². The van der Waals surface area contributed by atoms with Crippen molar-refractivity contribution in [2.75, 3.05) is 0 Å². The normalized spacial score (nSPS) is 8.00. The molecule has 0 aromatic heterocycles. The Bertz CT molecular complexity index is 242. The SMILES string of the molecule is O=BOc1ccc(OB=O)cc1. The number of rotatable bonds is 4. The van der Waals surface area contributed by atoms with Gasteiger partial charge in [0.25, 0.3) is 0 Å². The molecule has 0 fully saturated rings. The molecule has 0 spiro atoms. The summed E-state index contributed by atoms with van der Waals surface area (Å²) in [6, 6.07) is 6.08. The summed E-state index contributed by atoms with van der Waals surface area (Å²) in [6.07, 6.45) is 0. The predicted molar refractivity (Wildman–Crippen MR) is 40.6 cm³/mol. The van der Waals surface area contributed by atoms with E-state index in [4.69, 9.17) is 0 Å². The first kappa shape index (κ1) is 8.64. The van der Waals surface area contributed by atoms with E-state index in [1.807, 2.05) is 0 Å². The van der Waals surface area contributed by atoms with Gasteiger partial charge in [-0.15, -0.1) is 0 Å². The molecule has 0 N–H and O–H groups in total. The summed E-state index contributed by atoms with van der Waals surface area (Å²) in [5.41, 5.74) is 0. The molecule has 0 saturated heterocycles. The second-order valence-electron chi connectivity index (χ2n) is 1.90. The molecule has 0 aliphatic rings. The van der Waals surface area contributed by atoms with E-state index in [0.29, 0.717) is 26.2 Å². The van der Waals surface area contributed by atoms with Crippen LogP contribution in [0.15, 0.2) is 24.3 Å². The number of benzene rings is 1. The summed E-state index contributed by atoms with van der Waals surface area (Å²) in [6.45, 7) is 0. The van der Waals surface area contributed by atoms with E-state index in [1.54, 1.807) is 0 Å². The first-order valence-electron chi connectivity index (χ1n) is 3.17. The third kappa shape index (κ3) is 2.30. The van der Waals surface area contributed by atoms with Gasteiger partial charge in [-0.3, -0.25) is 0 Å². The summed E-state index contributed by atoms with van der Waals surface area (Å²) in [4.78, 5) is 0. The van der Waals surface area contributed by atoms with Gasteiger partial charge in [-0.05, 0) is 0 Å². The molecule has 0 atom stereocenters. The van der Waals surface area contributed by atoms with Crippen LogP contribution >= 0.6 is 0 Å². The zero-order chi connectivity index (χ0) is 8.81. The van der Waals surface area contributed by atoms with E-state index < -0.39 is 0 Å². The van der Waals surface area contributed by atoms with Gasteiger partial charge in [0.15, 0.2) is 0 Å². The molecule has 0 bridgehead atoms. The van der Waals surface area contributed by atoms with Crippen LogP contribution in [-0.2, 0) is 9.41 Å². The summed E-state index contributed by atoms with van der Waals surface area (Å²) < 4.78 is 28.8. The summed E-state index contributed by atoms with van der Waals surface area (Å²) >= 11 is 0. The van der Waals surface area contributed by atoms with Crippen molar-refractivity contribution in [2.45, 2.75) is 0 Å². The van der Waals surface area contributed by atoms with E-state index in [9.17, 15) is 9.41 Å². The van der Waals surface area contributed by atoms with Crippen LogP contribution in [0.5, 0.6) is 11.5 Å². The maximum atomic E-state index is 9.88. The zero-order valence-electron chi connectivity index (χ0n) is 6.10. The van der Waals surface area contributed by atoms with E-state index in [0.717, 1.165) is 0 Å². The second kappa shape index (κ2) is 4.43. The molecular weight excluding hydrogens is 158 g/mol. The van der Waals surface area contributed by atoms with Gasteiger partial charge in [-0.2, -0.15) is 0 Å². The van der Waals surface area contributed by atoms with E-state index in [2.05, 4.69) is 9.31 Å². The fraction of sp³-hybridized carbons (Fsp3) is 0. The van der Waals surface area contributed by atoms with Crippen molar-refractivity contribution in [3.8, 4) is 11.5 Å². The van der Waals surface area contributed by atoms with Gasteiger partial charge < -0.3 is 0 Å². The van der Waals surface area contributed by atoms with Gasteiger partial charge in [0.05, 0.1) is 0 Å². The Balaban J connectivity index is 2.70. The molecule has 4 nitrogen and oxygen atoms in total. The van der Waals surface area contributed by atoms with E-state index in [1.165, 1.54) is 24.3 Å². The fourth-order valence-electron chi connectivity index (χ4n) is 0.708. The van der Waals surface area contributed by atoms with Gasteiger partial charge in [0, 0.05) is 0 Å². The Morgan fingerprint density at radius 3 is 1.42 bits per heavy atom. The molecule has 0 saturated carbocycles. The number of hydrogen-bond acceptors (Lipinski definition) is 4. The Morgan fingerprint density at radius 1 is 0.833 bits per heavy atom. The van der Waals surface area contributed by atoms with Gasteiger partial charge >= 0.3 is 69.2 Å². The summed E-state index contributed by atoms with van der Waals surface area (Å²) in [5, 5.41) is 0. The molecule has 0 aliphatic carbocycles. The van der Waals surface area contributed by atoms with Crippen molar-refractivity contribution in [3.05, 3.63) is 24.3 Å². The minimum atomic E-state index is 0.329. The average Bonchev–Trinajstić information content (AvgIpc) is 2.09. The second-order valence-corrected chi connectivity index (χ2v) is 1.90. The topological polar surface area (TPSA) is 52.6 Å². The summed E-state index contributed by atoms with van der Waals surface area (Å²) in [5.74, 6) is 0.812. The molecule has 0 aliphatic heterocycles. The molecule has 1 aromatic carbocycles. The third-order valence-electron chi connectivity index (χ3n) is 1.19. The third-order valence-corrected chi connectivity index (χ3v) is 1.19. The molecule has 0 unspecified atom stereocenters. The molecule has 0 radical (unpaired) electrons. The average molecular weight is 162 g/mol. The molecule has 0 amide bonds. The molecule has 6 heteroatoms. The van der Waals surface area contributed by atoms with Gasteiger partial charge in [-0.1, -0.05) is 0 Å². The summed E-state index contributed by atoms with van der Waals surface area (Å²) in [7, 11) is 0.658. The van der Waals surface area contributed by atoms with Crippen molar-refractivity contribution < 1.29 is 18.7 Å². The molecule has 1 aromatic rings. The van der Waals surface area contributed by atoms with Gasteiger partial charge in [-0.25, -0.2) is 0 Å². The zero-order valence-corrected chi connectivity index (χ0v) is 6.10. The molecule has 12 heavy (non-hydrogen) atoms. The van der Waals surface area contributed by atoms with Crippen LogP contribution < -0.4 is 9.31 Å². The predicted octanol–water partition coefficient (Wildman–Crippen LogP) is 0.374. The van der Waals surface area contributed by atoms with Gasteiger partial charge in [0.1, 0.15) is 0 Å². The molecule has 0 heterocycles. The maximum absolute atomic E-state index is 9.88. The Morgan fingerprint density at radius 2 is 1.17 bits per heavy atom. The fourth-order valence-corrected chi connectivity index (χ4v) is 0.708. The van der Waals surface area contributed by atoms with Crippen molar-refractivity contribution in [3.63, 3.8) is 0 Å². The van der Waals surface area contributed by atoms with E-state index >= 15 is 0 Å². The van der Waals surface area contributed by atoms with E-state index in [-0.39, 0.29) is 0 Å². The quantitative estimate of drug-likeness (QED) is 0.599. The Hall–Kier alpha value is -1.45. The van der Waals surface area contributed by atoms with Gasteiger partial charge in [0.2, 0.25) is 0 Å². The van der Waals surface area contributed by atoms with Crippen molar-refractivity contribution >= 4 is 14.7 Å². The molecule has 58 valence electrons. The first-order valence-corrected chi connectivity index (χ1v) is 3.17. The van der Waals surface area contributed by atoms with Crippen LogP contribution in [0.3, 0.4) is 0 Å². The van der Waals surface area contributed by atoms with Crippen LogP contribution in [0.25, 0.3) is 0 Å². The molecular formula is C6H4B2O4. The van der Waals surface area contributed by atoms with Crippen LogP contribution in [0.2, 0.25) is 0 Å². The van der Waals surface area contributed by atoms with Crippen LogP contribution in [-0.4, -0.2) is 14.7 Å². The Labute approximate surface area is 70.1 Å².